The molecule has 1 aliphatic rings. The van der Waals surface area contributed by atoms with Crippen molar-refractivity contribution in [2.75, 3.05) is 20.3 Å². The number of nitrogens with zero attached hydrogens (tertiary/aromatic N) is 1. The third kappa shape index (κ3) is 3.63. The molecule has 23 heavy (non-hydrogen) atoms. The molecule has 0 saturated carbocycles. The molecule has 1 aromatic carbocycles. The van der Waals surface area contributed by atoms with E-state index >= 15 is 0 Å². The Balaban J connectivity index is 2.39. The first kappa shape index (κ1) is 17.3. The molecule has 0 N–H and O–H groups in total. The lowest BCUT2D eigenvalue weighted by Crippen LogP contribution is -2.28. The van der Waals surface area contributed by atoms with E-state index in [1.165, 1.54) is 7.11 Å². The zero-order valence-electron chi connectivity index (χ0n) is 12.6. The SMILES string of the molecule is C#CCN1C(=O)S/C(=C/c2cc(OCC)c(OC)cc2Cl)C1=O. The van der Waals surface area contributed by atoms with Gasteiger partial charge in [0.2, 0.25) is 0 Å². The van der Waals surface area contributed by atoms with Crippen LogP contribution >= 0.6 is 23.4 Å². The Hall–Kier alpha value is -2.10. The Labute approximate surface area is 143 Å². The highest BCUT2D eigenvalue weighted by molar-refractivity contribution is 8.18. The van der Waals surface area contributed by atoms with Crippen LogP contribution in [0.25, 0.3) is 6.08 Å². The molecule has 0 spiro atoms. The topological polar surface area (TPSA) is 55.8 Å². The molecule has 5 nitrogen and oxygen atoms in total. The molecule has 2 amide bonds. The molecule has 0 bridgehead atoms. The molecule has 0 aliphatic carbocycles. The van der Waals surface area contributed by atoms with Crippen molar-refractivity contribution >= 4 is 40.6 Å². The minimum atomic E-state index is -0.428. The van der Waals surface area contributed by atoms with Crippen molar-refractivity contribution in [3.8, 4) is 23.8 Å². The molecule has 7 heteroatoms. The number of ether oxygens (including phenoxy) is 2. The van der Waals surface area contributed by atoms with Gasteiger partial charge in [-0.1, -0.05) is 17.5 Å². The van der Waals surface area contributed by atoms with E-state index < -0.39 is 11.1 Å². The molecule has 0 atom stereocenters. The number of halogens is 1. The van der Waals surface area contributed by atoms with Gasteiger partial charge in [-0.3, -0.25) is 14.5 Å². The van der Waals surface area contributed by atoms with Crippen molar-refractivity contribution in [2.45, 2.75) is 6.92 Å². The summed E-state index contributed by atoms with van der Waals surface area (Å²) in [5.74, 6) is 2.86. The maximum Gasteiger partial charge on any atom is 0.294 e. The Morgan fingerprint density at radius 2 is 2.13 bits per heavy atom. The van der Waals surface area contributed by atoms with Gasteiger partial charge in [0.15, 0.2) is 11.5 Å². The predicted octanol–water partition coefficient (Wildman–Crippen LogP) is 3.42. The number of hydrogen-bond acceptors (Lipinski definition) is 5. The van der Waals surface area contributed by atoms with Crippen molar-refractivity contribution in [3.05, 3.63) is 27.6 Å². The quantitative estimate of drug-likeness (QED) is 0.601. The zero-order chi connectivity index (χ0) is 17.0. The first-order chi connectivity index (χ1) is 11.0. The van der Waals surface area contributed by atoms with Crippen LogP contribution in [-0.4, -0.2) is 36.3 Å². The van der Waals surface area contributed by atoms with E-state index in [0.29, 0.717) is 28.7 Å². The summed E-state index contributed by atoms with van der Waals surface area (Å²) in [6.45, 7) is 2.25. The fourth-order valence-corrected chi connectivity index (χ4v) is 3.00. The predicted molar refractivity (Wildman–Crippen MR) is 90.7 cm³/mol. The standard InChI is InChI=1S/C16H14ClNO4S/c1-4-6-18-15(19)14(23-16(18)20)8-10-7-13(22-5-2)12(21-3)9-11(10)17/h1,7-9H,5-6H2,2-3H3/b14-8+. The van der Waals surface area contributed by atoms with Crippen molar-refractivity contribution in [1.29, 1.82) is 0 Å². The van der Waals surface area contributed by atoms with E-state index in [1.807, 2.05) is 6.92 Å². The lowest BCUT2D eigenvalue weighted by atomic mass is 10.1. The van der Waals surface area contributed by atoms with Gasteiger partial charge in [0.25, 0.3) is 11.1 Å². The summed E-state index contributed by atoms with van der Waals surface area (Å²) in [5, 5.41) is -0.0112. The molecular formula is C16H14ClNO4S. The lowest BCUT2D eigenvalue weighted by Gasteiger charge is -2.11. The highest BCUT2D eigenvalue weighted by Gasteiger charge is 2.34. The molecule has 0 radical (unpaired) electrons. The summed E-state index contributed by atoms with van der Waals surface area (Å²) in [6, 6.07) is 3.27. The fourth-order valence-electron chi connectivity index (χ4n) is 1.96. The number of thioether (sulfide) groups is 1. The van der Waals surface area contributed by atoms with E-state index in [4.69, 9.17) is 27.5 Å². The molecule has 1 aliphatic heterocycles. The van der Waals surface area contributed by atoms with Crippen LogP contribution in [0.2, 0.25) is 5.02 Å². The number of terminal acetylenes is 1. The summed E-state index contributed by atoms with van der Waals surface area (Å²) in [4.78, 5) is 25.2. The average molecular weight is 352 g/mol. The van der Waals surface area contributed by atoms with Crippen LogP contribution in [0.15, 0.2) is 17.0 Å². The number of carbonyl (C=O) groups is 2. The third-order valence-corrected chi connectivity index (χ3v) is 4.23. The Kier molecular flexibility index (Phi) is 5.59. The summed E-state index contributed by atoms with van der Waals surface area (Å²) in [5.41, 5.74) is 0.558. The highest BCUT2D eigenvalue weighted by Crippen LogP contribution is 2.37. The van der Waals surface area contributed by atoms with E-state index in [-0.39, 0.29) is 11.4 Å². The number of methoxy groups -OCH3 is 1. The smallest absolute Gasteiger partial charge is 0.294 e. The summed E-state index contributed by atoms with van der Waals surface area (Å²) >= 11 is 7.04. The second kappa shape index (κ2) is 7.44. The van der Waals surface area contributed by atoms with Crippen LogP contribution in [0.5, 0.6) is 11.5 Å². The van der Waals surface area contributed by atoms with Gasteiger partial charge in [-0.2, -0.15) is 0 Å². The van der Waals surface area contributed by atoms with Gasteiger partial charge < -0.3 is 9.47 Å². The fraction of sp³-hybridized carbons (Fsp3) is 0.250. The number of benzene rings is 1. The monoisotopic (exact) mass is 351 g/mol. The first-order valence-electron chi connectivity index (χ1n) is 6.71. The second-order valence-corrected chi connectivity index (χ2v) is 5.83. The maximum atomic E-state index is 12.2. The van der Waals surface area contributed by atoms with Gasteiger partial charge in [-0.15, -0.1) is 6.42 Å². The number of carbonyl (C=O) groups excluding carboxylic acids is 2. The van der Waals surface area contributed by atoms with E-state index in [0.717, 1.165) is 16.7 Å². The van der Waals surface area contributed by atoms with Crippen LogP contribution < -0.4 is 9.47 Å². The van der Waals surface area contributed by atoms with Gasteiger partial charge in [0, 0.05) is 6.07 Å². The molecule has 2 rings (SSSR count). The van der Waals surface area contributed by atoms with Crippen molar-refractivity contribution in [3.63, 3.8) is 0 Å². The minimum Gasteiger partial charge on any atom is -0.493 e. The lowest BCUT2D eigenvalue weighted by molar-refractivity contribution is -0.122. The molecule has 1 saturated heterocycles. The maximum absolute atomic E-state index is 12.2. The van der Waals surface area contributed by atoms with Crippen LogP contribution in [0.1, 0.15) is 12.5 Å². The van der Waals surface area contributed by atoms with Crippen LogP contribution in [-0.2, 0) is 4.79 Å². The Bertz CT molecular complexity index is 724. The third-order valence-electron chi connectivity index (χ3n) is 2.99. The number of rotatable bonds is 5. The normalized spacial score (nSPS) is 15.9. The summed E-state index contributed by atoms with van der Waals surface area (Å²) < 4.78 is 10.7. The number of amides is 2. The molecule has 120 valence electrons. The van der Waals surface area contributed by atoms with Gasteiger partial charge >= 0.3 is 0 Å². The van der Waals surface area contributed by atoms with Gasteiger partial charge in [-0.25, -0.2) is 0 Å². The molecule has 0 aromatic heterocycles. The molecule has 1 aromatic rings. The Morgan fingerprint density at radius 1 is 1.39 bits per heavy atom. The number of imide groups is 1. The van der Waals surface area contributed by atoms with Crippen molar-refractivity contribution < 1.29 is 19.1 Å². The van der Waals surface area contributed by atoms with E-state index in [1.54, 1.807) is 18.2 Å². The molecule has 1 heterocycles. The van der Waals surface area contributed by atoms with Gasteiger partial charge in [0.05, 0.1) is 30.2 Å². The summed E-state index contributed by atoms with van der Waals surface area (Å²) in [7, 11) is 1.51. The van der Waals surface area contributed by atoms with Crippen LogP contribution in [0, 0.1) is 12.3 Å². The average Bonchev–Trinajstić information content (AvgIpc) is 2.78. The zero-order valence-corrected chi connectivity index (χ0v) is 14.2. The van der Waals surface area contributed by atoms with Gasteiger partial charge in [0.1, 0.15) is 0 Å². The molecular weight excluding hydrogens is 338 g/mol. The van der Waals surface area contributed by atoms with Crippen LogP contribution in [0.3, 0.4) is 0 Å². The van der Waals surface area contributed by atoms with E-state index in [2.05, 4.69) is 5.92 Å². The first-order valence-corrected chi connectivity index (χ1v) is 7.90. The van der Waals surface area contributed by atoms with Crippen molar-refractivity contribution in [2.24, 2.45) is 0 Å². The van der Waals surface area contributed by atoms with Crippen LogP contribution in [0.4, 0.5) is 4.79 Å². The molecule has 1 fully saturated rings. The Morgan fingerprint density at radius 3 is 2.74 bits per heavy atom. The van der Waals surface area contributed by atoms with Gasteiger partial charge in [-0.05, 0) is 36.4 Å². The largest absolute Gasteiger partial charge is 0.493 e. The highest BCUT2D eigenvalue weighted by atomic mass is 35.5. The minimum absolute atomic E-state index is 0.0530. The molecule has 0 unspecified atom stereocenters. The van der Waals surface area contributed by atoms with E-state index in [9.17, 15) is 9.59 Å². The number of hydrogen-bond donors (Lipinski definition) is 0. The second-order valence-electron chi connectivity index (χ2n) is 4.43. The summed E-state index contributed by atoms with van der Waals surface area (Å²) in [6.07, 6.45) is 6.71. The van der Waals surface area contributed by atoms with Crippen molar-refractivity contribution in [1.82, 2.24) is 4.90 Å².